The Labute approximate surface area is 126 Å². The minimum absolute atomic E-state index is 0.108. The van der Waals surface area contributed by atoms with Gasteiger partial charge in [0.15, 0.2) is 0 Å². The summed E-state index contributed by atoms with van der Waals surface area (Å²) in [6.07, 6.45) is 1.33. The topological polar surface area (TPSA) is 78.6 Å². The molecule has 1 atom stereocenters. The summed E-state index contributed by atoms with van der Waals surface area (Å²) < 4.78 is 0. The normalized spacial score (nSPS) is 12.5. The lowest BCUT2D eigenvalue weighted by atomic mass is 10.1. The highest BCUT2D eigenvalue weighted by Crippen LogP contribution is 2.30. The molecule has 0 radical (unpaired) electrons. The maximum absolute atomic E-state index is 11.9. The summed E-state index contributed by atoms with van der Waals surface area (Å²) in [4.78, 5) is 14.3. The maximum atomic E-state index is 11.9. The quantitative estimate of drug-likeness (QED) is 0.492. The van der Waals surface area contributed by atoms with E-state index in [9.17, 15) is 15.2 Å². The van der Waals surface area contributed by atoms with E-state index >= 15 is 0 Å². The van der Waals surface area contributed by atoms with Crippen LogP contribution in [0.15, 0.2) is 47.5 Å². The summed E-state index contributed by atoms with van der Waals surface area (Å²) in [5, 5.41) is 22.8. The standard InChI is InChI=1S/C15H13ClN2O3/c1-10(11-5-3-2-4-6-11)17-9-12-7-13(16)8-14(15(12)19)18(20)21/h2-10,19H,1H3/p-1/t10-/m0/s1. The summed E-state index contributed by atoms with van der Waals surface area (Å²) in [7, 11) is 0. The minimum atomic E-state index is -0.744. The monoisotopic (exact) mass is 303 g/mol. The fourth-order valence-electron chi connectivity index (χ4n) is 1.84. The van der Waals surface area contributed by atoms with Crippen molar-refractivity contribution in [2.45, 2.75) is 13.0 Å². The molecule has 2 aromatic rings. The Kier molecular flexibility index (Phi) is 4.55. The van der Waals surface area contributed by atoms with Crippen LogP contribution in [-0.4, -0.2) is 11.1 Å². The largest absolute Gasteiger partial charge is 0.867 e. The number of nitrogens with zero attached hydrogens (tertiary/aromatic N) is 2. The van der Waals surface area contributed by atoms with E-state index in [4.69, 9.17) is 11.6 Å². The maximum Gasteiger partial charge on any atom is 0.263 e. The van der Waals surface area contributed by atoms with Crippen LogP contribution < -0.4 is 5.11 Å². The molecule has 0 saturated carbocycles. The average Bonchev–Trinajstić information content (AvgIpc) is 2.48. The molecule has 0 fully saturated rings. The second kappa shape index (κ2) is 6.37. The molecule has 0 aliphatic carbocycles. The molecule has 0 unspecified atom stereocenters. The zero-order valence-corrected chi connectivity index (χ0v) is 11.9. The molecule has 0 spiro atoms. The predicted molar refractivity (Wildman–Crippen MR) is 80.0 cm³/mol. The van der Waals surface area contributed by atoms with Crippen LogP contribution in [0.25, 0.3) is 0 Å². The van der Waals surface area contributed by atoms with E-state index < -0.39 is 16.4 Å². The Morgan fingerprint density at radius 1 is 1.29 bits per heavy atom. The van der Waals surface area contributed by atoms with Gasteiger partial charge in [-0.15, -0.1) is 0 Å². The third-order valence-electron chi connectivity index (χ3n) is 2.98. The number of hydrogen-bond donors (Lipinski definition) is 0. The second-order valence-corrected chi connectivity index (χ2v) is 4.90. The Morgan fingerprint density at radius 2 is 1.95 bits per heavy atom. The van der Waals surface area contributed by atoms with Crippen LogP contribution in [0.3, 0.4) is 0 Å². The Hall–Kier alpha value is -2.40. The molecule has 2 aromatic carbocycles. The Bertz CT molecular complexity index is 687. The highest BCUT2D eigenvalue weighted by Gasteiger charge is 2.11. The van der Waals surface area contributed by atoms with Gasteiger partial charge in [0.1, 0.15) is 0 Å². The molecule has 0 aliphatic heterocycles. The van der Waals surface area contributed by atoms with Gasteiger partial charge in [-0.2, -0.15) is 0 Å². The molecule has 0 bridgehead atoms. The minimum Gasteiger partial charge on any atom is -0.867 e. The van der Waals surface area contributed by atoms with E-state index in [0.717, 1.165) is 11.6 Å². The van der Waals surface area contributed by atoms with Gasteiger partial charge in [0.25, 0.3) is 5.69 Å². The first-order valence-corrected chi connectivity index (χ1v) is 6.60. The van der Waals surface area contributed by atoms with Crippen molar-refractivity contribution in [3.8, 4) is 5.75 Å². The van der Waals surface area contributed by atoms with Crippen molar-refractivity contribution in [3.63, 3.8) is 0 Å². The second-order valence-electron chi connectivity index (χ2n) is 4.47. The van der Waals surface area contributed by atoms with Crippen LogP contribution in [0.5, 0.6) is 5.75 Å². The van der Waals surface area contributed by atoms with Crippen molar-refractivity contribution < 1.29 is 10.0 Å². The van der Waals surface area contributed by atoms with E-state index in [0.29, 0.717) is 0 Å². The lowest BCUT2D eigenvalue weighted by molar-refractivity contribution is -0.398. The van der Waals surface area contributed by atoms with Crippen LogP contribution in [0.2, 0.25) is 5.02 Å². The zero-order valence-electron chi connectivity index (χ0n) is 11.2. The fourth-order valence-corrected chi connectivity index (χ4v) is 2.06. The molecule has 108 valence electrons. The van der Waals surface area contributed by atoms with Crippen LogP contribution in [0.4, 0.5) is 5.69 Å². The molecule has 0 saturated heterocycles. The van der Waals surface area contributed by atoms with Gasteiger partial charge in [-0.25, -0.2) is 0 Å². The number of nitro groups is 1. The smallest absolute Gasteiger partial charge is 0.263 e. The van der Waals surface area contributed by atoms with Crippen LogP contribution in [-0.2, 0) is 0 Å². The Balaban J connectivity index is 2.31. The molecular formula is C15H12ClN2O3-. The number of benzene rings is 2. The molecule has 0 N–H and O–H groups in total. The molecule has 6 heteroatoms. The summed E-state index contributed by atoms with van der Waals surface area (Å²) in [6.45, 7) is 1.87. The zero-order chi connectivity index (χ0) is 15.4. The molecule has 0 aromatic heterocycles. The van der Waals surface area contributed by atoms with Crippen molar-refractivity contribution in [1.29, 1.82) is 0 Å². The van der Waals surface area contributed by atoms with E-state index in [-0.39, 0.29) is 16.6 Å². The van der Waals surface area contributed by atoms with Gasteiger partial charge in [-0.1, -0.05) is 41.9 Å². The predicted octanol–water partition coefficient (Wildman–Crippen LogP) is 3.50. The summed E-state index contributed by atoms with van der Waals surface area (Å²) >= 11 is 5.79. The molecule has 5 nitrogen and oxygen atoms in total. The van der Waals surface area contributed by atoms with Gasteiger partial charge in [-0.3, -0.25) is 15.1 Å². The van der Waals surface area contributed by atoms with Crippen LogP contribution in [0.1, 0.15) is 24.1 Å². The van der Waals surface area contributed by atoms with E-state index in [1.165, 1.54) is 12.3 Å². The fraction of sp³-hybridized carbons (Fsp3) is 0.133. The molecule has 0 aliphatic rings. The summed E-state index contributed by atoms with van der Waals surface area (Å²) in [5.74, 6) is -0.687. The summed E-state index contributed by atoms with van der Waals surface area (Å²) in [5.41, 5.74) is 0.547. The van der Waals surface area contributed by atoms with Gasteiger partial charge in [0, 0.05) is 17.3 Å². The van der Waals surface area contributed by atoms with Gasteiger partial charge < -0.3 is 5.11 Å². The third-order valence-corrected chi connectivity index (χ3v) is 3.20. The lowest BCUT2D eigenvalue weighted by Crippen LogP contribution is -2.02. The highest BCUT2D eigenvalue weighted by molar-refractivity contribution is 6.31. The van der Waals surface area contributed by atoms with Crippen LogP contribution >= 0.6 is 11.6 Å². The van der Waals surface area contributed by atoms with Crippen molar-refractivity contribution in [2.24, 2.45) is 4.99 Å². The van der Waals surface area contributed by atoms with Crippen molar-refractivity contribution in [2.75, 3.05) is 0 Å². The Morgan fingerprint density at radius 3 is 2.57 bits per heavy atom. The molecule has 0 heterocycles. The number of aliphatic imine (C=N–C) groups is 1. The first-order valence-electron chi connectivity index (χ1n) is 6.22. The van der Waals surface area contributed by atoms with Crippen LogP contribution in [0, 0.1) is 10.1 Å². The third kappa shape index (κ3) is 3.58. The average molecular weight is 304 g/mol. The number of nitro benzene ring substituents is 1. The first-order chi connectivity index (χ1) is 9.99. The van der Waals surface area contributed by atoms with Gasteiger partial charge in [0.05, 0.1) is 11.0 Å². The summed E-state index contributed by atoms with van der Waals surface area (Å²) in [6, 6.07) is 11.8. The van der Waals surface area contributed by atoms with Gasteiger partial charge in [-0.05, 0) is 29.9 Å². The molecule has 2 rings (SSSR count). The highest BCUT2D eigenvalue weighted by atomic mass is 35.5. The molecule has 0 amide bonds. The van der Waals surface area contributed by atoms with Crippen molar-refractivity contribution >= 4 is 23.5 Å². The molecule has 21 heavy (non-hydrogen) atoms. The number of rotatable bonds is 4. The van der Waals surface area contributed by atoms with E-state index in [1.54, 1.807) is 0 Å². The van der Waals surface area contributed by atoms with E-state index in [1.807, 2.05) is 37.3 Å². The van der Waals surface area contributed by atoms with E-state index in [2.05, 4.69) is 4.99 Å². The molecular weight excluding hydrogens is 292 g/mol. The van der Waals surface area contributed by atoms with Gasteiger partial charge >= 0.3 is 0 Å². The lowest BCUT2D eigenvalue weighted by Gasteiger charge is -2.12. The van der Waals surface area contributed by atoms with Gasteiger partial charge in [0.2, 0.25) is 0 Å². The number of hydrogen-bond acceptors (Lipinski definition) is 4. The first kappa shape index (κ1) is 15.0. The number of halogens is 1. The van der Waals surface area contributed by atoms with Crippen molar-refractivity contribution in [3.05, 3.63) is 68.7 Å². The van der Waals surface area contributed by atoms with Crippen molar-refractivity contribution in [1.82, 2.24) is 0 Å². The SMILES string of the molecule is C[C@H](N=Cc1cc(Cl)cc([N+](=O)[O-])c1[O-])c1ccccc1.